The summed E-state index contributed by atoms with van der Waals surface area (Å²) >= 11 is 0. The Hall–Kier alpha value is -0.840. The molecule has 1 fully saturated rings. The first-order valence-electron chi connectivity index (χ1n) is 2.71. The van der Waals surface area contributed by atoms with E-state index in [4.69, 9.17) is 6.57 Å². The third-order valence-electron chi connectivity index (χ3n) is 1.40. The van der Waals surface area contributed by atoms with Crippen LogP contribution in [0.4, 0.5) is 0 Å². The highest BCUT2D eigenvalue weighted by atomic mass is 16.1. The molecule has 0 aliphatic heterocycles. The zero-order chi connectivity index (χ0) is 5.98. The molecule has 1 aliphatic carbocycles. The normalized spacial score (nSPS) is 27.9. The lowest BCUT2D eigenvalue weighted by molar-refractivity contribution is -0.117. The summed E-state index contributed by atoms with van der Waals surface area (Å²) in [5, 5.41) is 0. The highest BCUT2D eigenvalue weighted by molar-refractivity contribution is 5.81. The minimum atomic E-state index is 0.0162. The second kappa shape index (κ2) is 1.95. The fraction of sp³-hybridized carbons (Fsp3) is 0.667. The van der Waals surface area contributed by atoms with E-state index in [9.17, 15) is 4.79 Å². The molecule has 0 spiro atoms. The van der Waals surface area contributed by atoms with E-state index >= 15 is 0 Å². The number of carbonyl (C=O) groups excluding carboxylic acids is 1. The van der Waals surface area contributed by atoms with Crippen molar-refractivity contribution < 1.29 is 4.79 Å². The van der Waals surface area contributed by atoms with E-state index in [1.165, 1.54) is 0 Å². The molecule has 0 saturated heterocycles. The highest BCUT2D eigenvalue weighted by Crippen LogP contribution is 2.17. The summed E-state index contributed by atoms with van der Waals surface area (Å²) in [7, 11) is 0. The quantitative estimate of drug-likeness (QED) is 0.426. The van der Waals surface area contributed by atoms with E-state index in [1.807, 2.05) is 0 Å². The van der Waals surface area contributed by atoms with Gasteiger partial charge in [-0.05, 0) is 0 Å². The summed E-state index contributed by atoms with van der Waals surface area (Å²) in [6.45, 7) is 6.56. The van der Waals surface area contributed by atoms with Crippen molar-refractivity contribution in [1.82, 2.24) is 0 Å². The van der Waals surface area contributed by atoms with Gasteiger partial charge >= 0.3 is 0 Å². The maximum atomic E-state index is 10.5. The van der Waals surface area contributed by atoms with Gasteiger partial charge in [0.15, 0.2) is 0 Å². The van der Waals surface area contributed by atoms with Gasteiger partial charge in [-0.3, -0.25) is 4.79 Å². The molecule has 0 aromatic rings. The predicted molar refractivity (Wildman–Crippen MR) is 29.2 cm³/mol. The third-order valence-corrected chi connectivity index (χ3v) is 1.40. The van der Waals surface area contributed by atoms with Crippen LogP contribution in [0.2, 0.25) is 0 Å². The smallest absolute Gasteiger partial charge is 0.231 e. The molecule has 0 bridgehead atoms. The van der Waals surface area contributed by atoms with Gasteiger partial charge in [-0.1, -0.05) is 0 Å². The van der Waals surface area contributed by atoms with Gasteiger partial charge in [0.2, 0.25) is 6.04 Å². The maximum Gasteiger partial charge on any atom is 0.231 e. The molecule has 1 atom stereocenters. The lowest BCUT2D eigenvalue weighted by Crippen LogP contribution is -1.93. The van der Waals surface area contributed by atoms with Crippen molar-refractivity contribution in [2.24, 2.45) is 0 Å². The van der Waals surface area contributed by atoms with Crippen LogP contribution >= 0.6 is 0 Å². The molecule has 0 radical (unpaired) electrons. The molecule has 8 heavy (non-hydrogen) atoms. The van der Waals surface area contributed by atoms with Crippen LogP contribution in [0.25, 0.3) is 4.85 Å². The lowest BCUT2D eigenvalue weighted by Gasteiger charge is -1.84. The molecule has 2 heteroatoms. The average molecular weight is 109 g/mol. The van der Waals surface area contributed by atoms with Gasteiger partial charge in [0.05, 0.1) is 6.42 Å². The van der Waals surface area contributed by atoms with Crippen LogP contribution in [0.15, 0.2) is 0 Å². The molecule has 0 aromatic heterocycles. The minimum Gasteiger partial charge on any atom is -0.313 e. The molecule has 0 amide bonds. The first-order chi connectivity index (χ1) is 3.83. The van der Waals surface area contributed by atoms with E-state index in [2.05, 4.69) is 4.85 Å². The van der Waals surface area contributed by atoms with Crippen molar-refractivity contribution >= 4 is 5.78 Å². The molecule has 0 aromatic carbocycles. The van der Waals surface area contributed by atoms with Gasteiger partial charge in [-0.15, -0.1) is 0 Å². The lowest BCUT2D eigenvalue weighted by atomic mass is 10.3. The predicted octanol–water partition coefficient (Wildman–Crippen LogP) is 1.03. The van der Waals surface area contributed by atoms with Crippen molar-refractivity contribution in [2.75, 3.05) is 0 Å². The SMILES string of the molecule is [C-]#[N+]C1CCC(=O)C1. The van der Waals surface area contributed by atoms with Crippen molar-refractivity contribution in [3.63, 3.8) is 0 Å². The van der Waals surface area contributed by atoms with Gasteiger partial charge in [0.1, 0.15) is 5.78 Å². The van der Waals surface area contributed by atoms with Crippen LogP contribution in [0.5, 0.6) is 0 Å². The third kappa shape index (κ3) is 0.865. The van der Waals surface area contributed by atoms with Crippen LogP contribution in [0.1, 0.15) is 19.3 Å². The van der Waals surface area contributed by atoms with E-state index in [-0.39, 0.29) is 11.8 Å². The Balaban J connectivity index is 2.47. The Kier molecular flexibility index (Phi) is 1.29. The number of hydrogen-bond donors (Lipinski definition) is 0. The zero-order valence-corrected chi connectivity index (χ0v) is 4.55. The summed E-state index contributed by atoms with van der Waals surface area (Å²) < 4.78 is 0. The Morgan fingerprint density at radius 1 is 1.75 bits per heavy atom. The van der Waals surface area contributed by atoms with Crippen molar-refractivity contribution in [3.8, 4) is 0 Å². The first-order valence-corrected chi connectivity index (χ1v) is 2.71. The fourth-order valence-corrected chi connectivity index (χ4v) is 0.905. The van der Waals surface area contributed by atoms with Crippen molar-refractivity contribution in [3.05, 3.63) is 11.4 Å². The molecule has 0 heterocycles. The highest BCUT2D eigenvalue weighted by Gasteiger charge is 2.25. The Morgan fingerprint density at radius 2 is 2.50 bits per heavy atom. The Bertz CT molecular complexity index is 145. The van der Waals surface area contributed by atoms with Crippen LogP contribution in [-0.2, 0) is 4.79 Å². The largest absolute Gasteiger partial charge is 0.313 e. The fourth-order valence-electron chi connectivity index (χ4n) is 0.905. The molecule has 0 N–H and O–H groups in total. The number of nitrogens with zero attached hydrogens (tertiary/aromatic N) is 1. The molecular weight excluding hydrogens is 102 g/mol. The van der Waals surface area contributed by atoms with Crippen LogP contribution in [0.3, 0.4) is 0 Å². The van der Waals surface area contributed by atoms with Crippen molar-refractivity contribution in [1.29, 1.82) is 0 Å². The number of rotatable bonds is 0. The van der Waals surface area contributed by atoms with Gasteiger partial charge in [-0.2, -0.15) is 0 Å². The summed E-state index contributed by atoms with van der Waals surface area (Å²) in [6.07, 6.45) is 1.93. The molecular formula is C6H7NO. The summed E-state index contributed by atoms with van der Waals surface area (Å²) in [4.78, 5) is 13.7. The molecule has 1 aliphatic rings. The minimum absolute atomic E-state index is 0.0162. The zero-order valence-electron chi connectivity index (χ0n) is 4.55. The standard InChI is InChI=1S/C6H7NO/c1-7-5-2-3-6(8)4-5/h5H,2-4H2. The second-order valence-corrected chi connectivity index (χ2v) is 2.06. The van der Waals surface area contributed by atoms with Gasteiger partial charge in [0.25, 0.3) is 0 Å². The summed E-state index contributed by atoms with van der Waals surface area (Å²) in [6, 6.07) is 0.0162. The van der Waals surface area contributed by atoms with Crippen molar-refractivity contribution in [2.45, 2.75) is 25.3 Å². The monoisotopic (exact) mass is 109 g/mol. The molecule has 2 nitrogen and oxygen atoms in total. The van der Waals surface area contributed by atoms with E-state index in [0.29, 0.717) is 12.8 Å². The Morgan fingerprint density at radius 3 is 2.75 bits per heavy atom. The second-order valence-electron chi connectivity index (χ2n) is 2.06. The molecule has 1 rings (SSSR count). The first kappa shape index (κ1) is 5.30. The summed E-state index contributed by atoms with van der Waals surface area (Å²) in [5.41, 5.74) is 0. The van der Waals surface area contributed by atoms with Gasteiger partial charge in [-0.25, -0.2) is 6.57 Å². The maximum absolute atomic E-state index is 10.5. The number of carbonyl (C=O) groups is 1. The van der Waals surface area contributed by atoms with E-state index < -0.39 is 0 Å². The van der Waals surface area contributed by atoms with E-state index in [1.54, 1.807) is 0 Å². The van der Waals surface area contributed by atoms with E-state index in [0.717, 1.165) is 6.42 Å². The topological polar surface area (TPSA) is 21.4 Å². The van der Waals surface area contributed by atoms with Gasteiger partial charge < -0.3 is 4.85 Å². The summed E-state index contributed by atoms with van der Waals surface area (Å²) in [5.74, 6) is 0.256. The van der Waals surface area contributed by atoms with Gasteiger partial charge in [0, 0.05) is 12.8 Å². The van der Waals surface area contributed by atoms with Crippen LogP contribution in [0, 0.1) is 6.57 Å². The number of Topliss-reactive ketones (excluding diaryl/α,β-unsaturated/α-hetero) is 1. The molecule has 1 saturated carbocycles. The Labute approximate surface area is 48.3 Å². The average Bonchev–Trinajstić information content (AvgIpc) is 2.14. The molecule has 1 unspecified atom stereocenters. The van der Waals surface area contributed by atoms with Crippen LogP contribution in [-0.4, -0.2) is 11.8 Å². The number of hydrogen-bond acceptors (Lipinski definition) is 1. The number of ketones is 1. The van der Waals surface area contributed by atoms with Crippen LogP contribution < -0.4 is 0 Å². The molecule has 42 valence electrons.